The molecule has 0 fully saturated rings. The number of nitrogens with zero attached hydrogens (tertiary/aromatic N) is 1. The summed E-state index contributed by atoms with van der Waals surface area (Å²) in [5.41, 5.74) is 0.433. The number of benzene rings is 2. The highest BCUT2D eigenvalue weighted by molar-refractivity contribution is 5.37. The Kier molecular flexibility index (Phi) is 7.18. The Balaban J connectivity index is 2.45. The molecule has 0 aliphatic carbocycles. The van der Waals surface area contributed by atoms with Crippen molar-refractivity contribution >= 4 is 0 Å². The van der Waals surface area contributed by atoms with Gasteiger partial charge in [0.05, 0.1) is 6.10 Å². The Morgan fingerprint density at radius 3 is 1.68 bits per heavy atom. The van der Waals surface area contributed by atoms with Crippen molar-refractivity contribution < 1.29 is 10.2 Å². The van der Waals surface area contributed by atoms with Crippen LogP contribution < -0.4 is 0 Å². The maximum Gasteiger partial charge on any atom is 0.120 e. The minimum Gasteiger partial charge on any atom is -0.393 e. The molecule has 136 valence electrons. The normalized spacial score (nSPS) is 14.5. The first kappa shape index (κ1) is 19.6. The molecule has 2 atom stereocenters. The summed E-state index contributed by atoms with van der Waals surface area (Å²) >= 11 is 0. The Hall–Kier alpha value is -1.68. The Bertz CT molecular complexity index is 569. The highest BCUT2D eigenvalue weighted by atomic mass is 16.3. The Morgan fingerprint density at radius 2 is 1.32 bits per heavy atom. The molecule has 25 heavy (non-hydrogen) atoms. The van der Waals surface area contributed by atoms with Crippen molar-refractivity contribution in [3.63, 3.8) is 0 Å². The predicted octanol–water partition coefficient (Wildman–Crippen LogP) is 3.65. The van der Waals surface area contributed by atoms with Gasteiger partial charge in [0, 0.05) is 5.92 Å². The van der Waals surface area contributed by atoms with Crippen LogP contribution in [0.15, 0.2) is 60.7 Å². The largest absolute Gasteiger partial charge is 0.393 e. The smallest absolute Gasteiger partial charge is 0.120 e. The molecule has 2 aromatic carbocycles. The van der Waals surface area contributed by atoms with Crippen LogP contribution in [0.3, 0.4) is 0 Å². The highest BCUT2D eigenvalue weighted by Gasteiger charge is 2.42. The topological polar surface area (TPSA) is 43.7 Å². The van der Waals surface area contributed by atoms with Crippen LogP contribution >= 0.6 is 0 Å². The summed E-state index contributed by atoms with van der Waals surface area (Å²) in [6.45, 7) is 8.85. The van der Waals surface area contributed by atoms with Crippen LogP contribution in [0.4, 0.5) is 0 Å². The van der Waals surface area contributed by atoms with Crippen molar-refractivity contribution in [3.8, 4) is 0 Å². The first-order valence-electron chi connectivity index (χ1n) is 9.27. The molecule has 0 amide bonds. The van der Waals surface area contributed by atoms with E-state index >= 15 is 0 Å². The number of hydrogen-bond acceptors (Lipinski definition) is 3. The second-order valence-electron chi connectivity index (χ2n) is 6.66. The van der Waals surface area contributed by atoms with Crippen LogP contribution in [0.1, 0.15) is 38.3 Å². The molecule has 2 N–H and O–H groups in total. The first-order chi connectivity index (χ1) is 12.0. The molecule has 0 aromatic heterocycles. The molecule has 2 rings (SSSR count). The van der Waals surface area contributed by atoms with Gasteiger partial charge in [-0.25, -0.2) is 0 Å². The first-order valence-corrected chi connectivity index (χ1v) is 9.27. The van der Waals surface area contributed by atoms with Gasteiger partial charge in [0.15, 0.2) is 0 Å². The minimum absolute atomic E-state index is 0.294. The van der Waals surface area contributed by atoms with Gasteiger partial charge in [0.2, 0.25) is 0 Å². The second kappa shape index (κ2) is 9.14. The zero-order valence-electron chi connectivity index (χ0n) is 15.6. The van der Waals surface area contributed by atoms with Gasteiger partial charge in [0.25, 0.3) is 0 Å². The van der Waals surface area contributed by atoms with Crippen molar-refractivity contribution in [2.75, 3.05) is 19.6 Å². The van der Waals surface area contributed by atoms with Crippen molar-refractivity contribution in [2.24, 2.45) is 5.92 Å². The van der Waals surface area contributed by atoms with Crippen molar-refractivity contribution in [1.29, 1.82) is 0 Å². The lowest BCUT2D eigenvalue weighted by Crippen LogP contribution is -2.44. The van der Waals surface area contributed by atoms with Crippen molar-refractivity contribution in [3.05, 3.63) is 71.8 Å². The summed E-state index contributed by atoms with van der Waals surface area (Å²) < 4.78 is 0. The number of hydrogen-bond donors (Lipinski definition) is 2. The van der Waals surface area contributed by atoms with E-state index in [1.807, 2.05) is 60.7 Å². The van der Waals surface area contributed by atoms with E-state index in [-0.39, 0.29) is 5.92 Å². The van der Waals surface area contributed by atoms with Gasteiger partial charge in [0.1, 0.15) is 5.60 Å². The van der Waals surface area contributed by atoms with Gasteiger partial charge < -0.3 is 15.1 Å². The summed E-state index contributed by atoms with van der Waals surface area (Å²) in [6, 6.07) is 19.4. The van der Waals surface area contributed by atoms with Crippen LogP contribution in [0.2, 0.25) is 0 Å². The van der Waals surface area contributed by atoms with E-state index < -0.39 is 11.7 Å². The number of aliphatic hydroxyl groups excluding tert-OH is 1. The van der Waals surface area contributed by atoms with Crippen LogP contribution in [0.5, 0.6) is 0 Å². The molecule has 3 heteroatoms. The molecule has 3 nitrogen and oxygen atoms in total. The van der Waals surface area contributed by atoms with E-state index in [0.29, 0.717) is 0 Å². The van der Waals surface area contributed by atoms with Gasteiger partial charge in [-0.05, 0) is 44.1 Å². The third-order valence-corrected chi connectivity index (χ3v) is 5.20. The minimum atomic E-state index is -1.22. The quantitative estimate of drug-likeness (QED) is 0.732. The lowest BCUT2D eigenvalue weighted by atomic mass is 9.72. The van der Waals surface area contributed by atoms with E-state index in [4.69, 9.17) is 0 Å². The average molecular weight is 341 g/mol. The van der Waals surface area contributed by atoms with E-state index in [1.54, 1.807) is 6.92 Å². The fourth-order valence-corrected chi connectivity index (χ4v) is 3.64. The lowest BCUT2D eigenvalue weighted by Gasteiger charge is -2.40. The lowest BCUT2D eigenvalue weighted by molar-refractivity contribution is -0.0487. The van der Waals surface area contributed by atoms with Gasteiger partial charge in [-0.1, -0.05) is 74.5 Å². The molecule has 0 heterocycles. The van der Waals surface area contributed by atoms with Crippen LogP contribution in [-0.4, -0.2) is 40.9 Å². The second-order valence-corrected chi connectivity index (χ2v) is 6.66. The van der Waals surface area contributed by atoms with Gasteiger partial charge in [-0.15, -0.1) is 0 Å². The van der Waals surface area contributed by atoms with Gasteiger partial charge >= 0.3 is 0 Å². The molecule has 0 bridgehead atoms. The van der Waals surface area contributed by atoms with E-state index in [1.165, 1.54) is 0 Å². The molecule has 0 aliphatic rings. The molecule has 0 saturated carbocycles. The van der Waals surface area contributed by atoms with Crippen LogP contribution in [-0.2, 0) is 5.60 Å². The third kappa shape index (κ3) is 4.49. The third-order valence-electron chi connectivity index (χ3n) is 5.20. The summed E-state index contributed by atoms with van der Waals surface area (Å²) in [5.74, 6) is -0.294. The molecule has 2 unspecified atom stereocenters. The Labute approximate surface area is 151 Å². The number of aliphatic hydroxyl groups is 2. The standard InChI is InChI=1S/C22H31NO2/c1-4-23(5-2)17-16-21(18(3)24)22(25,19-12-8-6-9-13-19)20-14-10-7-11-15-20/h6-15,18,21,24-25H,4-5,16-17H2,1-3H3. The average Bonchev–Trinajstić information content (AvgIpc) is 2.66. The maximum atomic E-state index is 11.9. The van der Waals surface area contributed by atoms with Crippen molar-refractivity contribution in [2.45, 2.75) is 38.9 Å². The SMILES string of the molecule is CCN(CC)CCC(C(C)O)C(O)(c1ccccc1)c1ccccc1. The molecule has 2 aromatic rings. The fourth-order valence-electron chi connectivity index (χ4n) is 3.64. The zero-order valence-corrected chi connectivity index (χ0v) is 15.6. The van der Waals surface area contributed by atoms with E-state index in [0.717, 1.165) is 37.2 Å². The molecular weight excluding hydrogens is 310 g/mol. The number of rotatable bonds is 9. The summed E-state index contributed by atoms with van der Waals surface area (Å²) in [4.78, 5) is 2.33. The van der Waals surface area contributed by atoms with Gasteiger partial charge in [-0.2, -0.15) is 0 Å². The maximum absolute atomic E-state index is 11.9. The highest BCUT2D eigenvalue weighted by Crippen LogP contribution is 2.40. The molecule has 0 saturated heterocycles. The zero-order chi connectivity index (χ0) is 18.3. The van der Waals surface area contributed by atoms with Crippen molar-refractivity contribution in [1.82, 2.24) is 4.90 Å². The van der Waals surface area contributed by atoms with E-state index in [2.05, 4.69) is 18.7 Å². The molecular formula is C22H31NO2. The summed E-state index contributed by atoms with van der Waals surface area (Å²) in [7, 11) is 0. The fraction of sp³-hybridized carbons (Fsp3) is 0.455. The van der Waals surface area contributed by atoms with Crippen LogP contribution in [0.25, 0.3) is 0 Å². The summed E-state index contributed by atoms with van der Waals surface area (Å²) in [5, 5.41) is 22.4. The molecule has 0 radical (unpaired) electrons. The van der Waals surface area contributed by atoms with Gasteiger partial charge in [-0.3, -0.25) is 0 Å². The monoisotopic (exact) mass is 341 g/mol. The predicted molar refractivity (Wildman–Crippen MR) is 103 cm³/mol. The van der Waals surface area contributed by atoms with Crippen LogP contribution in [0, 0.1) is 5.92 Å². The summed E-state index contributed by atoms with van der Waals surface area (Å²) in [6.07, 6.45) is 0.0978. The molecule has 0 aliphatic heterocycles. The molecule has 0 spiro atoms. The Morgan fingerprint density at radius 1 is 0.880 bits per heavy atom. The van der Waals surface area contributed by atoms with E-state index in [9.17, 15) is 10.2 Å².